The molecule has 0 aliphatic rings. The second-order valence-corrected chi connectivity index (χ2v) is 5.37. The van der Waals surface area contributed by atoms with Crippen molar-refractivity contribution in [3.8, 4) is 5.75 Å². The van der Waals surface area contributed by atoms with Gasteiger partial charge in [0.05, 0.1) is 0 Å². The number of esters is 1. The van der Waals surface area contributed by atoms with Crippen LogP contribution in [0.1, 0.15) is 26.7 Å². The number of carbonyl (C=O) groups is 2. The Morgan fingerprint density at radius 3 is 2.38 bits per heavy atom. The number of Topliss-reactive ketones (excluding diaryl/α,β-unsaturated/α-hetero) is 1. The minimum Gasteiger partial charge on any atom is -0.486 e. The number of hydrogen-bond acceptors (Lipinski definition) is 5. The van der Waals surface area contributed by atoms with E-state index in [1.165, 1.54) is 30.3 Å². The van der Waals surface area contributed by atoms with Gasteiger partial charge in [-0.25, -0.2) is 9.18 Å². The summed E-state index contributed by atoms with van der Waals surface area (Å²) in [6.45, 7) is -0.299. The first-order valence-electron chi connectivity index (χ1n) is 7.84. The fourth-order valence-electron chi connectivity index (χ4n) is 2.16. The summed E-state index contributed by atoms with van der Waals surface area (Å²) in [4.78, 5) is 23.9. The molecule has 0 spiro atoms. The summed E-state index contributed by atoms with van der Waals surface area (Å²) in [6, 6.07) is 17.1. The molecule has 0 radical (unpaired) electrons. The summed E-state index contributed by atoms with van der Waals surface area (Å²) in [5, 5.41) is 0. The van der Waals surface area contributed by atoms with Crippen LogP contribution in [0, 0.1) is 5.82 Å². The molecule has 0 N–H and O–H groups in total. The van der Waals surface area contributed by atoms with E-state index in [2.05, 4.69) is 0 Å². The van der Waals surface area contributed by atoms with Crippen molar-refractivity contribution < 1.29 is 27.9 Å². The van der Waals surface area contributed by atoms with Crippen molar-refractivity contribution in [2.24, 2.45) is 0 Å². The molecule has 0 unspecified atom stereocenters. The quantitative estimate of drug-likeness (QED) is 0.473. The fourth-order valence-corrected chi connectivity index (χ4v) is 2.16. The molecule has 0 aliphatic heterocycles. The number of ether oxygens (including phenoxy) is 2. The van der Waals surface area contributed by atoms with Crippen LogP contribution in [0.25, 0.3) is 0 Å². The molecule has 1 aromatic heterocycles. The molecule has 2 aromatic carbocycles. The fraction of sp³-hybridized carbons (Fsp3) is 0.100. The highest BCUT2D eigenvalue weighted by molar-refractivity contribution is 5.98. The molecule has 132 valence electrons. The van der Waals surface area contributed by atoms with E-state index < -0.39 is 5.97 Å². The summed E-state index contributed by atoms with van der Waals surface area (Å²) in [6.07, 6.45) is 0. The molecule has 3 aromatic rings. The Hall–Kier alpha value is -3.41. The zero-order valence-electron chi connectivity index (χ0n) is 13.7. The van der Waals surface area contributed by atoms with Crippen molar-refractivity contribution in [3.05, 3.63) is 89.6 Å². The van der Waals surface area contributed by atoms with Crippen LogP contribution in [-0.2, 0) is 11.3 Å². The van der Waals surface area contributed by atoms with Crippen molar-refractivity contribution in [3.63, 3.8) is 0 Å². The molecule has 0 fully saturated rings. The van der Waals surface area contributed by atoms with E-state index in [1.54, 1.807) is 36.4 Å². The van der Waals surface area contributed by atoms with E-state index in [4.69, 9.17) is 13.9 Å². The Morgan fingerprint density at radius 2 is 1.65 bits per heavy atom. The van der Waals surface area contributed by atoms with Crippen LogP contribution < -0.4 is 4.74 Å². The van der Waals surface area contributed by atoms with Gasteiger partial charge in [-0.3, -0.25) is 4.79 Å². The van der Waals surface area contributed by atoms with Gasteiger partial charge in [-0.1, -0.05) is 30.3 Å². The van der Waals surface area contributed by atoms with Gasteiger partial charge in [-0.05, 0) is 36.4 Å². The minimum absolute atomic E-state index is 0.0245. The van der Waals surface area contributed by atoms with Gasteiger partial charge in [0.1, 0.15) is 23.9 Å². The molecule has 0 aliphatic carbocycles. The van der Waals surface area contributed by atoms with Gasteiger partial charge in [-0.15, -0.1) is 0 Å². The maximum Gasteiger partial charge on any atom is 0.374 e. The van der Waals surface area contributed by atoms with E-state index in [0.29, 0.717) is 17.1 Å². The van der Waals surface area contributed by atoms with Gasteiger partial charge in [0.25, 0.3) is 0 Å². The Morgan fingerprint density at radius 1 is 0.923 bits per heavy atom. The number of ketones is 1. The third-order valence-electron chi connectivity index (χ3n) is 3.49. The summed E-state index contributed by atoms with van der Waals surface area (Å²) < 4.78 is 28.6. The van der Waals surface area contributed by atoms with E-state index in [0.717, 1.165) is 0 Å². The lowest BCUT2D eigenvalue weighted by molar-refractivity contribution is 0.0440. The predicted octanol–water partition coefficient (Wildman–Crippen LogP) is 4.04. The smallest absolute Gasteiger partial charge is 0.374 e. The zero-order valence-corrected chi connectivity index (χ0v) is 13.7. The van der Waals surface area contributed by atoms with Crippen LogP contribution in [0.15, 0.2) is 71.1 Å². The maximum atomic E-state index is 12.8. The van der Waals surface area contributed by atoms with E-state index in [1.807, 2.05) is 0 Å². The molecular weight excluding hydrogens is 339 g/mol. The number of halogens is 1. The molecule has 0 saturated carbocycles. The van der Waals surface area contributed by atoms with Crippen molar-refractivity contribution in [1.82, 2.24) is 0 Å². The van der Waals surface area contributed by atoms with Gasteiger partial charge in [-0.2, -0.15) is 0 Å². The molecule has 6 heteroatoms. The van der Waals surface area contributed by atoms with Crippen LogP contribution in [0.5, 0.6) is 5.75 Å². The van der Waals surface area contributed by atoms with Crippen LogP contribution >= 0.6 is 0 Å². The van der Waals surface area contributed by atoms with Gasteiger partial charge >= 0.3 is 5.97 Å². The van der Waals surface area contributed by atoms with Crippen molar-refractivity contribution in [2.45, 2.75) is 6.61 Å². The highest BCUT2D eigenvalue weighted by Crippen LogP contribution is 2.15. The molecule has 0 atom stereocenters. The molecule has 5 nitrogen and oxygen atoms in total. The second-order valence-electron chi connectivity index (χ2n) is 5.37. The molecule has 26 heavy (non-hydrogen) atoms. The topological polar surface area (TPSA) is 65.7 Å². The first-order chi connectivity index (χ1) is 12.6. The van der Waals surface area contributed by atoms with Gasteiger partial charge in [0.2, 0.25) is 5.76 Å². The van der Waals surface area contributed by atoms with E-state index >= 15 is 0 Å². The van der Waals surface area contributed by atoms with Gasteiger partial charge < -0.3 is 13.9 Å². The standard InChI is InChI=1S/C20H15FO5/c21-15-6-8-16(9-7-15)24-12-17-10-11-19(26-17)20(23)25-13-18(22)14-4-2-1-3-5-14/h1-11H,12-13H2. The summed E-state index contributed by atoms with van der Waals surface area (Å²) in [7, 11) is 0. The first kappa shape index (κ1) is 17.4. The van der Waals surface area contributed by atoms with Crippen LogP contribution in [0.3, 0.4) is 0 Å². The van der Waals surface area contributed by atoms with Gasteiger partial charge in [0.15, 0.2) is 12.4 Å². The SMILES string of the molecule is O=C(COC(=O)c1ccc(COc2ccc(F)cc2)o1)c1ccccc1. The summed E-state index contributed by atoms with van der Waals surface area (Å²) in [5.74, 6) is -0.544. The maximum absolute atomic E-state index is 12.8. The lowest BCUT2D eigenvalue weighted by atomic mass is 10.1. The number of furan rings is 1. The molecule has 1 heterocycles. The first-order valence-corrected chi connectivity index (χ1v) is 7.84. The summed E-state index contributed by atoms with van der Waals surface area (Å²) in [5.41, 5.74) is 0.466. The highest BCUT2D eigenvalue weighted by Gasteiger charge is 2.15. The number of carbonyl (C=O) groups excluding carboxylic acids is 2. The zero-order chi connectivity index (χ0) is 18.4. The van der Waals surface area contributed by atoms with Crippen molar-refractivity contribution >= 4 is 11.8 Å². The number of benzene rings is 2. The second kappa shape index (κ2) is 8.11. The highest BCUT2D eigenvalue weighted by atomic mass is 19.1. The minimum atomic E-state index is -0.734. The van der Waals surface area contributed by atoms with E-state index in [-0.39, 0.29) is 30.6 Å². The lowest BCUT2D eigenvalue weighted by Gasteiger charge is -2.04. The Balaban J connectivity index is 1.51. The Labute approximate surface area is 149 Å². The number of rotatable bonds is 7. The average Bonchev–Trinajstić information content (AvgIpc) is 3.15. The van der Waals surface area contributed by atoms with Crippen LogP contribution in [0.4, 0.5) is 4.39 Å². The lowest BCUT2D eigenvalue weighted by Crippen LogP contribution is -2.13. The van der Waals surface area contributed by atoms with E-state index in [9.17, 15) is 14.0 Å². The molecule has 0 amide bonds. The number of hydrogen-bond donors (Lipinski definition) is 0. The van der Waals surface area contributed by atoms with Crippen molar-refractivity contribution in [1.29, 1.82) is 0 Å². The van der Waals surface area contributed by atoms with Gasteiger partial charge in [0, 0.05) is 5.56 Å². The molecule has 3 rings (SSSR count). The monoisotopic (exact) mass is 354 g/mol. The van der Waals surface area contributed by atoms with Crippen LogP contribution in [-0.4, -0.2) is 18.4 Å². The molecular formula is C20H15FO5. The third kappa shape index (κ3) is 4.57. The predicted molar refractivity (Wildman–Crippen MR) is 90.5 cm³/mol. The summed E-state index contributed by atoms with van der Waals surface area (Å²) >= 11 is 0. The largest absolute Gasteiger partial charge is 0.486 e. The molecule has 0 saturated heterocycles. The Bertz CT molecular complexity index is 884. The third-order valence-corrected chi connectivity index (χ3v) is 3.49. The van der Waals surface area contributed by atoms with Crippen LogP contribution in [0.2, 0.25) is 0 Å². The van der Waals surface area contributed by atoms with Crippen molar-refractivity contribution in [2.75, 3.05) is 6.61 Å². The normalized spacial score (nSPS) is 10.3. The molecule has 0 bridgehead atoms. The average molecular weight is 354 g/mol. The Kier molecular flexibility index (Phi) is 5.43.